The predicted molar refractivity (Wildman–Crippen MR) is 128 cm³/mol. The zero-order valence-electron chi connectivity index (χ0n) is 19.6. The van der Waals surface area contributed by atoms with Gasteiger partial charge in [0.1, 0.15) is 16.8 Å². The lowest BCUT2D eigenvalue weighted by molar-refractivity contribution is -0.145. The maximum absolute atomic E-state index is 14.2. The number of carboxylic acids is 1. The van der Waals surface area contributed by atoms with Crippen LogP contribution in [0.25, 0.3) is 0 Å². The van der Waals surface area contributed by atoms with Gasteiger partial charge in [-0.1, -0.05) is 27.7 Å². The molecule has 0 aliphatic heterocycles. The average Bonchev–Trinajstić information content (AvgIpc) is 3.24. The van der Waals surface area contributed by atoms with E-state index in [2.05, 4.69) is 5.32 Å². The zero-order chi connectivity index (χ0) is 25.6. The highest BCUT2D eigenvalue weighted by molar-refractivity contribution is 7.14. The molecule has 1 amide bonds. The second-order valence-electron chi connectivity index (χ2n) is 8.41. The smallest absolute Gasteiger partial charge is 0.353 e. The summed E-state index contributed by atoms with van der Waals surface area (Å²) < 4.78 is 19.4. The number of nitrogens with one attached hydrogen (secondary N) is 2. The van der Waals surface area contributed by atoms with Crippen molar-refractivity contribution in [2.45, 2.75) is 53.0 Å². The van der Waals surface area contributed by atoms with Gasteiger partial charge in [-0.15, -0.1) is 11.3 Å². The van der Waals surface area contributed by atoms with Gasteiger partial charge in [0.05, 0.1) is 5.41 Å². The van der Waals surface area contributed by atoms with Gasteiger partial charge in [0.15, 0.2) is 11.6 Å². The molecule has 1 unspecified atom stereocenters. The van der Waals surface area contributed by atoms with Crippen LogP contribution < -0.4 is 15.8 Å². The number of amidine groups is 1. The van der Waals surface area contributed by atoms with Crippen LogP contribution >= 0.6 is 11.3 Å². The summed E-state index contributed by atoms with van der Waals surface area (Å²) >= 11 is 1.13. The first-order valence-corrected chi connectivity index (χ1v) is 11.7. The largest absolute Gasteiger partial charge is 0.480 e. The molecular formula is C24H30FN3O5S. The molecule has 0 radical (unpaired) electrons. The number of carboxylic acid groups (broad SMARTS) is 1. The Balaban J connectivity index is 2.18. The fourth-order valence-corrected chi connectivity index (χ4v) is 4.55. The van der Waals surface area contributed by atoms with Crippen LogP contribution in [-0.4, -0.2) is 34.8 Å². The summed E-state index contributed by atoms with van der Waals surface area (Å²) in [6, 6.07) is 5.89. The number of esters is 1. The number of hydrogen-bond acceptors (Lipinski definition) is 6. The monoisotopic (exact) mass is 491 g/mol. The molecule has 2 rings (SSSR count). The summed E-state index contributed by atoms with van der Waals surface area (Å²) in [7, 11) is 0. The number of ether oxygens (including phenoxy) is 1. The molecule has 0 fully saturated rings. The van der Waals surface area contributed by atoms with Gasteiger partial charge in [0.25, 0.3) is 0 Å². The highest BCUT2D eigenvalue weighted by Crippen LogP contribution is 2.34. The minimum absolute atomic E-state index is 0.173. The van der Waals surface area contributed by atoms with E-state index in [0.717, 1.165) is 22.3 Å². The lowest BCUT2D eigenvalue weighted by atomic mass is 9.77. The Morgan fingerprint density at radius 1 is 1.21 bits per heavy atom. The molecular weight excluding hydrogens is 461 g/mol. The summed E-state index contributed by atoms with van der Waals surface area (Å²) in [5, 5.41) is 19.4. The van der Waals surface area contributed by atoms with Crippen molar-refractivity contribution in [3.8, 4) is 5.75 Å². The minimum Gasteiger partial charge on any atom is -0.480 e. The van der Waals surface area contributed by atoms with Gasteiger partial charge in [0.2, 0.25) is 5.91 Å². The molecule has 2 aromatic rings. The van der Waals surface area contributed by atoms with E-state index in [1.807, 2.05) is 13.8 Å². The predicted octanol–water partition coefficient (Wildman–Crippen LogP) is 3.96. The molecule has 0 saturated heterocycles. The van der Waals surface area contributed by atoms with Crippen molar-refractivity contribution in [1.82, 2.24) is 5.32 Å². The maximum Gasteiger partial charge on any atom is 0.353 e. The molecule has 0 bridgehead atoms. The van der Waals surface area contributed by atoms with Crippen LogP contribution in [0.5, 0.6) is 5.75 Å². The van der Waals surface area contributed by atoms with Crippen molar-refractivity contribution in [2.24, 2.45) is 17.1 Å². The van der Waals surface area contributed by atoms with Crippen molar-refractivity contribution in [3.63, 3.8) is 0 Å². The summed E-state index contributed by atoms with van der Waals surface area (Å²) in [5.41, 5.74) is 4.66. The van der Waals surface area contributed by atoms with Crippen molar-refractivity contribution in [3.05, 3.63) is 51.5 Å². The molecule has 184 valence electrons. The van der Waals surface area contributed by atoms with E-state index in [4.69, 9.17) is 15.9 Å². The van der Waals surface area contributed by atoms with E-state index >= 15 is 0 Å². The molecule has 0 saturated carbocycles. The summed E-state index contributed by atoms with van der Waals surface area (Å²) in [5.74, 6) is -3.86. The Kier molecular flexibility index (Phi) is 8.92. The molecule has 1 atom stereocenters. The van der Waals surface area contributed by atoms with E-state index in [1.54, 1.807) is 26.0 Å². The Hall–Kier alpha value is -3.27. The number of rotatable bonds is 11. The summed E-state index contributed by atoms with van der Waals surface area (Å²) in [6.07, 6.45) is 1.27. The van der Waals surface area contributed by atoms with Crippen LogP contribution in [0.3, 0.4) is 0 Å². The van der Waals surface area contributed by atoms with Crippen LogP contribution in [0.1, 0.15) is 60.6 Å². The van der Waals surface area contributed by atoms with Gasteiger partial charge < -0.3 is 20.9 Å². The van der Waals surface area contributed by atoms with Crippen LogP contribution in [0.15, 0.2) is 30.3 Å². The highest BCUT2D eigenvalue weighted by atomic mass is 32.1. The number of benzene rings is 1. The first-order chi connectivity index (χ1) is 15.9. The highest BCUT2D eigenvalue weighted by Gasteiger charge is 2.38. The average molecular weight is 492 g/mol. The molecule has 0 aliphatic carbocycles. The lowest BCUT2D eigenvalue weighted by Gasteiger charge is -2.32. The number of nitrogen functional groups attached to an aromatic ring is 1. The summed E-state index contributed by atoms with van der Waals surface area (Å²) in [4.78, 5) is 38.2. The van der Waals surface area contributed by atoms with Crippen LogP contribution in [-0.2, 0) is 16.0 Å². The van der Waals surface area contributed by atoms with Crippen molar-refractivity contribution in [1.29, 1.82) is 5.41 Å². The standard InChI is InChI=1S/C24H30FN3O5S/c1-5-24(6-2,23(32)28-19(13(3)4)21(29)30)12-15-8-10-18(34-15)22(31)33-17-9-7-14(20(26)27)11-16(17)25/h7-11,13,19H,5-6,12H2,1-4H3,(H3,26,27)(H,28,32)(H,29,30). The van der Waals surface area contributed by atoms with E-state index in [-0.39, 0.29) is 33.9 Å². The third-order valence-corrected chi connectivity index (χ3v) is 6.94. The number of amides is 1. The molecule has 5 N–H and O–H groups in total. The molecule has 0 spiro atoms. The van der Waals surface area contributed by atoms with Crippen molar-refractivity contribution in [2.75, 3.05) is 0 Å². The second kappa shape index (κ2) is 11.2. The molecule has 0 aliphatic rings. The SMILES string of the molecule is CCC(CC)(Cc1ccc(C(=O)Oc2ccc(C(=N)N)cc2F)s1)C(=O)NC(C(=O)O)C(C)C. The Morgan fingerprint density at radius 3 is 2.35 bits per heavy atom. The van der Waals surface area contributed by atoms with Crippen molar-refractivity contribution < 1.29 is 28.6 Å². The second-order valence-corrected chi connectivity index (χ2v) is 9.58. The molecule has 34 heavy (non-hydrogen) atoms. The lowest BCUT2D eigenvalue weighted by Crippen LogP contribution is -2.51. The van der Waals surface area contributed by atoms with Crippen LogP contribution in [0.4, 0.5) is 4.39 Å². The number of aliphatic carboxylic acids is 1. The maximum atomic E-state index is 14.2. The Labute approximate surface area is 201 Å². The quantitative estimate of drug-likeness (QED) is 0.162. The molecule has 1 aromatic carbocycles. The Bertz CT molecular complexity index is 1080. The van der Waals surface area contributed by atoms with E-state index < -0.39 is 29.2 Å². The summed E-state index contributed by atoms with van der Waals surface area (Å²) in [6.45, 7) is 7.19. The van der Waals surface area contributed by atoms with Gasteiger partial charge in [-0.25, -0.2) is 14.0 Å². The molecule has 8 nitrogen and oxygen atoms in total. The zero-order valence-corrected chi connectivity index (χ0v) is 20.4. The third kappa shape index (κ3) is 6.19. The van der Waals surface area contributed by atoms with Gasteiger partial charge in [0, 0.05) is 10.4 Å². The number of hydrogen-bond donors (Lipinski definition) is 4. The third-order valence-electron chi connectivity index (χ3n) is 5.88. The van der Waals surface area contributed by atoms with Gasteiger partial charge in [-0.2, -0.15) is 0 Å². The normalized spacial score (nSPS) is 12.3. The molecule has 10 heteroatoms. The molecule has 1 heterocycles. The number of nitrogens with two attached hydrogens (primary N) is 1. The number of halogens is 1. The van der Waals surface area contributed by atoms with Crippen LogP contribution in [0.2, 0.25) is 0 Å². The van der Waals surface area contributed by atoms with Gasteiger partial charge >= 0.3 is 11.9 Å². The van der Waals surface area contributed by atoms with Crippen molar-refractivity contribution >= 4 is 35.0 Å². The Morgan fingerprint density at radius 2 is 1.85 bits per heavy atom. The topological polar surface area (TPSA) is 143 Å². The fourth-order valence-electron chi connectivity index (χ4n) is 3.53. The van der Waals surface area contributed by atoms with Gasteiger partial charge in [-0.3, -0.25) is 10.2 Å². The van der Waals surface area contributed by atoms with Crippen LogP contribution in [0, 0.1) is 22.6 Å². The van der Waals surface area contributed by atoms with E-state index in [9.17, 15) is 23.9 Å². The number of carbonyl (C=O) groups excluding carboxylic acids is 2. The minimum atomic E-state index is -1.09. The molecule has 1 aromatic heterocycles. The number of thiophene rings is 1. The van der Waals surface area contributed by atoms with E-state index in [1.165, 1.54) is 12.1 Å². The first-order valence-electron chi connectivity index (χ1n) is 10.9. The first kappa shape index (κ1) is 27.0. The number of carbonyl (C=O) groups is 3. The van der Waals surface area contributed by atoms with Gasteiger partial charge in [-0.05, 0) is 55.5 Å². The fraction of sp³-hybridized carbons (Fsp3) is 0.417. The van der Waals surface area contributed by atoms with E-state index in [0.29, 0.717) is 19.3 Å².